The minimum Gasteiger partial charge on any atom is -0.358 e. The van der Waals surface area contributed by atoms with E-state index < -0.39 is 4.92 Å². The third-order valence-electron chi connectivity index (χ3n) is 2.95. The van der Waals surface area contributed by atoms with Crippen molar-refractivity contribution in [2.24, 2.45) is 5.92 Å². The number of pyridine rings is 1. The van der Waals surface area contributed by atoms with Crippen molar-refractivity contribution in [3.05, 3.63) is 27.4 Å². The number of anilines is 1. The molecule has 0 N–H and O–H groups in total. The Morgan fingerprint density at radius 1 is 1.65 bits per heavy atom. The van der Waals surface area contributed by atoms with Gasteiger partial charge in [0.25, 0.3) is 5.69 Å². The second kappa shape index (κ2) is 4.87. The summed E-state index contributed by atoms with van der Waals surface area (Å²) < 4.78 is 0. The minimum absolute atomic E-state index is 0.0747. The van der Waals surface area contributed by atoms with E-state index in [-0.39, 0.29) is 5.69 Å². The summed E-state index contributed by atoms with van der Waals surface area (Å²) in [4.78, 5) is 16.1. The molecule has 1 aliphatic rings. The Morgan fingerprint density at radius 3 is 2.88 bits per heavy atom. The van der Waals surface area contributed by atoms with E-state index in [1.807, 2.05) is 11.9 Å². The van der Waals surface area contributed by atoms with Gasteiger partial charge in [-0.15, -0.1) is 0 Å². The van der Waals surface area contributed by atoms with Crippen LogP contribution in [0.15, 0.2) is 12.3 Å². The highest BCUT2D eigenvalue weighted by molar-refractivity contribution is 6.33. The number of halogens is 1. The summed E-state index contributed by atoms with van der Waals surface area (Å²) in [5.74, 6) is 1.45. The van der Waals surface area contributed by atoms with E-state index in [2.05, 4.69) is 4.98 Å². The molecule has 1 aromatic rings. The molecule has 0 unspecified atom stereocenters. The summed E-state index contributed by atoms with van der Waals surface area (Å²) in [7, 11) is 1.91. The Bertz CT molecular complexity index is 435. The number of aromatic nitrogens is 1. The third kappa shape index (κ3) is 3.06. The largest absolute Gasteiger partial charge is 0.358 e. The number of rotatable bonds is 5. The molecule has 1 aliphatic carbocycles. The first-order chi connectivity index (χ1) is 8.08. The van der Waals surface area contributed by atoms with Crippen LogP contribution in [0.2, 0.25) is 5.02 Å². The molecule has 0 radical (unpaired) electrons. The van der Waals surface area contributed by atoms with Crippen LogP contribution >= 0.6 is 11.6 Å². The van der Waals surface area contributed by atoms with Gasteiger partial charge in [-0.3, -0.25) is 10.1 Å². The van der Waals surface area contributed by atoms with Crippen LogP contribution in [-0.4, -0.2) is 23.5 Å². The normalized spacial score (nSPS) is 14.7. The van der Waals surface area contributed by atoms with Crippen LogP contribution < -0.4 is 4.90 Å². The smallest absolute Gasteiger partial charge is 0.289 e. The fraction of sp³-hybridized carbons (Fsp3) is 0.545. The van der Waals surface area contributed by atoms with E-state index in [0.717, 1.165) is 18.9 Å². The van der Waals surface area contributed by atoms with Gasteiger partial charge in [0.2, 0.25) is 0 Å². The molecule has 0 spiro atoms. The van der Waals surface area contributed by atoms with E-state index in [0.29, 0.717) is 10.8 Å². The van der Waals surface area contributed by atoms with Crippen molar-refractivity contribution in [1.29, 1.82) is 0 Å². The van der Waals surface area contributed by atoms with Crippen molar-refractivity contribution in [2.75, 3.05) is 18.5 Å². The summed E-state index contributed by atoms with van der Waals surface area (Å²) in [5, 5.41) is 10.9. The number of nitrogens with zero attached hydrogens (tertiary/aromatic N) is 3. The molecule has 0 aliphatic heterocycles. The molecule has 1 saturated carbocycles. The molecule has 1 fully saturated rings. The van der Waals surface area contributed by atoms with Gasteiger partial charge in [0.15, 0.2) is 0 Å². The summed E-state index contributed by atoms with van der Waals surface area (Å²) in [6.07, 6.45) is 5.00. The van der Waals surface area contributed by atoms with Crippen LogP contribution in [0.25, 0.3) is 0 Å². The van der Waals surface area contributed by atoms with E-state index in [1.165, 1.54) is 25.1 Å². The summed E-state index contributed by atoms with van der Waals surface area (Å²) in [5.41, 5.74) is -0.0747. The zero-order chi connectivity index (χ0) is 12.4. The van der Waals surface area contributed by atoms with E-state index in [4.69, 9.17) is 11.6 Å². The van der Waals surface area contributed by atoms with Crippen LogP contribution in [0.4, 0.5) is 11.5 Å². The molecule has 2 rings (SSSR count). The average molecular weight is 256 g/mol. The summed E-state index contributed by atoms with van der Waals surface area (Å²) in [6, 6.07) is 1.34. The standard InChI is InChI=1S/C11H14ClN3O2/c1-14(5-4-8-2-3-8)11-10(12)6-9(7-13-11)15(16)17/h6-8H,2-5H2,1H3. The van der Waals surface area contributed by atoms with E-state index in [9.17, 15) is 10.1 Å². The molecule has 5 nitrogen and oxygen atoms in total. The Balaban J connectivity index is 2.05. The Labute approximate surface area is 105 Å². The first-order valence-corrected chi connectivity index (χ1v) is 5.97. The van der Waals surface area contributed by atoms with Gasteiger partial charge in [0.1, 0.15) is 12.0 Å². The number of nitro groups is 1. The quantitative estimate of drug-likeness (QED) is 0.600. The van der Waals surface area contributed by atoms with Gasteiger partial charge < -0.3 is 4.90 Å². The van der Waals surface area contributed by atoms with Crippen molar-refractivity contribution >= 4 is 23.1 Å². The zero-order valence-electron chi connectivity index (χ0n) is 9.60. The molecule has 6 heteroatoms. The fourth-order valence-electron chi connectivity index (χ4n) is 1.69. The maximum Gasteiger partial charge on any atom is 0.289 e. The highest BCUT2D eigenvalue weighted by Crippen LogP contribution is 2.33. The highest BCUT2D eigenvalue weighted by Gasteiger charge is 2.22. The number of hydrogen-bond acceptors (Lipinski definition) is 4. The van der Waals surface area contributed by atoms with E-state index in [1.54, 1.807) is 0 Å². The lowest BCUT2D eigenvalue weighted by Crippen LogP contribution is -2.20. The van der Waals surface area contributed by atoms with Crippen molar-refractivity contribution < 1.29 is 4.92 Å². The van der Waals surface area contributed by atoms with Crippen LogP contribution in [0.5, 0.6) is 0 Å². The van der Waals surface area contributed by atoms with Gasteiger partial charge in [-0.05, 0) is 12.3 Å². The minimum atomic E-state index is -0.493. The topological polar surface area (TPSA) is 59.3 Å². The van der Waals surface area contributed by atoms with Crippen molar-refractivity contribution in [3.8, 4) is 0 Å². The fourth-order valence-corrected chi connectivity index (χ4v) is 1.99. The van der Waals surface area contributed by atoms with Crippen molar-refractivity contribution in [3.63, 3.8) is 0 Å². The van der Waals surface area contributed by atoms with Gasteiger partial charge in [0, 0.05) is 19.7 Å². The van der Waals surface area contributed by atoms with Crippen molar-refractivity contribution in [2.45, 2.75) is 19.3 Å². The maximum atomic E-state index is 10.6. The lowest BCUT2D eigenvalue weighted by atomic mass is 10.3. The van der Waals surface area contributed by atoms with Crippen LogP contribution in [-0.2, 0) is 0 Å². The Hall–Kier alpha value is -1.36. The van der Waals surface area contributed by atoms with Gasteiger partial charge in [-0.1, -0.05) is 24.4 Å². The number of hydrogen-bond donors (Lipinski definition) is 0. The average Bonchev–Trinajstić information content (AvgIpc) is 3.09. The maximum absolute atomic E-state index is 10.6. The van der Waals surface area contributed by atoms with Gasteiger partial charge in [0.05, 0.1) is 9.95 Å². The lowest BCUT2D eigenvalue weighted by molar-refractivity contribution is -0.385. The highest BCUT2D eigenvalue weighted by atomic mass is 35.5. The SMILES string of the molecule is CN(CCC1CC1)c1ncc([N+](=O)[O-])cc1Cl. The molecule has 1 heterocycles. The van der Waals surface area contributed by atoms with Gasteiger partial charge >= 0.3 is 0 Å². The predicted molar refractivity (Wildman–Crippen MR) is 66.5 cm³/mol. The molecule has 0 saturated heterocycles. The molecule has 1 aromatic heterocycles. The van der Waals surface area contributed by atoms with Gasteiger partial charge in [-0.2, -0.15) is 0 Å². The molecule has 17 heavy (non-hydrogen) atoms. The first-order valence-electron chi connectivity index (χ1n) is 5.59. The third-order valence-corrected chi connectivity index (χ3v) is 3.23. The van der Waals surface area contributed by atoms with Gasteiger partial charge in [-0.25, -0.2) is 4.98 Å². The van der Waals surface area contributed by atoms with Crippen LogP contribution in [0.3, 0.4) is 0 Å². The molecule has 0 aromatic carbocycles. The zero-order valence-corrected chi connectivity index (χ0v) is 10.4. The molecule has 0 amide bonds. The molecular formula is C11H14ClN3O2. The molecule has 0 atom stereocenters. The molecule has 0 bridgehead atoms. The first kappa shape index (κ1) is 12.1. The van der Waals surface area contributed by atoms with Crippen LogP contribution in [0.1, 0.15) is 19.3 Å². The monoisotopic (exact) mass is 255 g/mol. The van der Waals surface area contributed by atoms with Crippen molar-refractivity contribution in [1.82, 2.24) is 4.98 Å². The second-order valence-electron chi connectivity index (χ2n) is 4.41. The second-order valence-corrected chi connectivity index (χ2v) is 4.82. The van der Waals surface area contributed by atoms with Crippen LogP contribution in [0, 0.1) is 16.0 Å². The summed E-state index contributed by atoms with van der Waals surface area (Å²) >= 11 is 5.99. The Kier molecular flexibility index (Phi) is 3.47. The lowest BCUT2D eigenvalue weighted by Gasteiger charge is -2.18. The molecule has 92 valence electrons. The Morgan fingerprint density at radius 2 is 2.35 bits per heavy atom. The summed E-state index contributed by atoms with van der Waals surface area (Å²) in [6.45, 7) is 0.884. The molecular weight excluding hydrogens is 242 g/mol. The van der Waals surface area contributed by atoms with E-state index >= 15 is 0 Å². The predicted octanol–water partition coefficient (Wildman–Crippen LogP) is 2.88.